The average molecular weight is 564 g/mol. The van der Waals surface area contributed by atoms with Crippen LogP contribution < -0.4 is 21.2 Å². The Morgan fingerprint density at radius 2 is 1.76 bits per heavy atom. The number of unbranched alkanes of at least 4 members (excludes halogenated alkanes) is 2. The van der Waals surface area contributed by atoms with E-state index >= 15 is 0 Å². The molecule has 1 saturated heterocycles. The molecule has 1 fully saturated rings. The van der Waals surface area contributed by atoms with Crippen molar-refractivity contribution < 1.29 is 23.9 Å². The number of hydrogen-bond acceptors (Lipinski definition) is 6. The average Bonchev–Trinajstić information content (AvgIpc) is 3.15. The summed E-state index contributed by atoms with van der Waals surface area (Å²) in [6, 6.07) is 11.1. The van der Waals surface area contributed by atoms with Crippen molar-refractivity contribution in [1.29, 1.82) is 0 Å². The number of imide groups is 1. The van der Waals surface area contributed by atoms with Gasteiger partial charge in [0.1, 0.15) is 11.6 Å². The number of rotatable bonds is 8. The predicted molar refractivity (Wildman–Crippen MR) is 156 cm³/mol. The minimum Gasteiger partial charge on any atom is -0.444 e. The number of carbonyl (C=O) groups excluding carboxylic acids is 4. The number of benzene rings is 2. The Morgan fingerprint density at radius 3 is 2.39 bits per heavy atom. The van der Waals surface area contributed by atoms with Crippen LogP contribution in [0.4, 0.5) is 16.2 Å². The van der Waals surface area contributed by atoms with Gasteiger partial charge in [0.05, 0.1) is 11.0 Å². The van der Waals surface area contributed by atoms with E-state index in [-0.39, 0.29) is 30.3 Å². The zero-order valence-electron chi connectivity index (χ0n) is 24.2. The van der Waals surface area contributed by atoms with E-state index in [0.29, 0.717) is 34.5 Å². The van der Waals surface area contributed by atoms with Gasteiger partial charge in [0.25, 0.3) is 5.91 Å². The van der Waals surface area contributed by atoms with Gasteiger partial charge < -0.3 is 9.64 Å². The number of ether oxygens (including phenoxy) is 1. The highest BCUT2D eigenvalue weighted by atomic mass is 16.6. The monoisotopic (exact) mass is 563 g/mol. The van der Waals surface area contributed by atoms with Gasteiger partial charge in [-0.3, -0.25) is 34.2 Å². The molecule has 1 aliphatic heterocycles. The number of aryl methyl sites for hydroxylation is 1. The Balaban J connectivity index is 1.64. The molecule has 2 aromatic carbocycles. The summed E-state index contributed by atoms with van der Waals surface area (Å²) in [5, 5.41) is 4.98. The molecular weight excluding hydrogens is 526 g/mol. The van der Waals surface area contributed by atoms with Crippen LogP contribution >= 0.6 is 0 Å². The van der Waals surface area contributed by atoms with Crippen molar-refractivity contribution in [3.05, 3.63) is 58.5 Å². The third kappa shape index (κ3) is 6.67. The van der Waals surface area contributed by atoms with Crippen LogP contribution in [0.25, 0.3) is 11.0 Å². The van der Waals surface area contributed by atoms with Crippen LogP contribution in [0.2, 0.25) is 0 Å². The fourth-order valence-corrected chi connectivity index (χ4v) is 4.89. The van der Waals surface area contributed by atoms with E-state index in [2.05, 4.69) is 17.6 Å². The smallest absolute Gasteiger partial charge is 0.412 e. The molecule has 1 atom stereocenters. The number of fused-ring (bicyclic) bond motifs is 1. The first-order valence-corrected chi connectivity index (χ1v) is 13.9. The van der Waals surface area contributed by atoms with Crippen molar-refractivity contribution >= 4 is 46.2 Å². The second-order valence-electron chi connectivity index (χ2n) is 11.2. The largest absolute Gasteiger partial charge is 0.444 e. The molecule has 1 aliphatic rings. The van der Waals surface area contributed by atoms with Gasteiger partial charge in [-0.2, -0.15) is 0 Å². The summed E-state index contributed by atoms with van der Waals surface area (Å²) >= 11 is 0. The number of nitrogens with one attached hydrogen (secondary N) is 2. The lowest BCUT2D eigenvalue weighted by Gasteiger charge is -2.24. The molecule has 41 heavy (non-hydrogen) atoms. The number of anilines is 2. The highest BCUT2D eigenvalue weighted by Crippen LogP contribution is 2.28. The third-order valence-corrected chi connectivity index (χ3v) is 6.91. The fraction of sp³-hybridized carbons (Fsp3) is 0.433. The lowest BCUT2D eigenvalue weighted by molar-refractivity contribution is -0.135. The molecule has 2 heterocycles. The van der Waals surface area contributed by atoms with Crippen molar-refractivity contribution in [3.63, 3.8) is 0 Å². The standard InChI is InChI=1S/C30H37N5O6/c1-6-7-8-17-34(27(38)19-9-11-20(12-10-19)31-28(39)41-30(2,3)4)21-13-14-22-24(18-21)33(5)29(40)35(22)23-15-16-25(36)32-26(23)37/h9-14,18,23H,6-8,15-17H2,1-5H3,(H,31,39)(H,32,36,37). The summed E-state index contributed by atoms with van der Waals surface area (Å²) in [6.45, 7) is 7.89. The van der Waals surface area contributed by atoms with E-state index in [9.17, 15) is 24.0 Å². The SMILES string of the molecule is CCCCCN(C(=O)c1ccc(NC(=O)OC(C)(C)C)cc1)c1ccc2c(c1)n(C)c(=O)n2C1CCC(=O)NC1=O. The molecule has 0 aliphatic carbocycles. The van der Waals surface area contributed by atoms with E-state index < -0.39 is 23.6 Å². The number of aromatic nitrogens is 2. The van der Waals surface area contributed by atoms with Gasteiger partial charge in [-0.15, -0.1) is 0 Å². The van der Waals surface area contributed by atoms with Crippen LogP contribution in [-0.4, -0.2) is 45.1 Å². The van der Waals surface area contributed by atoms with E-state index in [1.54, 1.807) is 75.2 Å². The van der Waals surface area contributed by atoms with Crippen LogP contribution in [0.15, 0.2) is 47.3 Å². The predicted octanol–water partition coefficient (Wildman–Crippen LogP) is 4.50. The molecule has 4 amide bonds. The molecule has 0 bridgehead atoms. The van der Waals surface area contributed by atoms with Crippen LogP contribution in [0.3, 0.4) is 0 Å². The zero-order chi connectivity index (χ0) is 29.9. The van der Waals surface area contributed by atoms with Crippen LogP contribution in [0, 0.1) is 0 Å². The summed E-state index contributed by atoms with van der Waals surface area (Å²) < 4.78 is 8.16. The maximum atomic E-state index is 13.7. The van der Waals surface area contributed by atoms with Gasteiger partial charge in [-0.25, -0.2) is 9.59 Å². The topological polar surface area (TPSA) is 132 Å². The van der Waals surface area contributed by atoms with E-state index in [1.807, 2.05) is 0 Å². The van der Waals surface area contributed by atoms with Crippen molar-refractivity contribution in [2.24, 2.45) is 7.05 Å². The molecule has 0 radical (unpaired) electrons. The van der Waals surface area contributed by atoms with Gasteiger partial charge in [0, 0.05) is 37.0 Å². The molecule has 3 aromatic rings. The zero-order valence-corrected chi connectivity index (χ0v) is 24.2. The Hall–Kier alpha value is -4.41. The Labute approximate surface area is 238 Å². The molecule has 2 N–H and O–H groups in total. The Kier molecular flexibility index (Phi) is 8.65. The first kappa shape index (κ1) is 29.6. The molecular formula is C30H37N5O6. The summed E-state index contributed by atoms with van der Waals surface area (Å²) in [4.78, 5) is 64.9. The van der Waals surface area contributed by atoms with Gasteiger partial charge in [0.15, 0.2) is 0 Å². The van der Waals surface area contributed by atoms with E-state index in [1.165, 1.54) is 9.13 Å². The molecule has 11 heteroatoms. The third-order valence-electron chi connectivity index (χ3n) is 6.91. The van der Waals surface area contributed by atoms with Crippen molar-refractivity contribution in [2.75, 3.05) is 16.8 Å². The number of imidazole rings is 1. The van der Waals surface area contributed by atoms with Crippen LogP contribution in [0.1, 0.15) is 76.2 Å². The van der Waals surface area contributed by atoms with Crippen LogP contribution in [0.5, 0.6) is 0 Å². The normalized spacial score (nSPS) is 15.5. The molecule has 11 nitrogen and oxygen atoms in total. The van der Waals surface area contributed by atoms with E-state index in [4.69, 9.17) is 4.74 Å². The van der Waals surface area contributed by atoms with Gasteiger partial charge in [0.2, 0.25) is 11.8 Å². The molecule has 1 unspecified atom stereocenters. The second-order valence-corrected chi connectivity index (χ2v) is 11.2. The van der Waals surface area contributed by atoms with Crippen molar-refractivity contribution in [2.45, 2.75) is 71.4 Å². The van der Waals surface area contributed by atoms with E-state index in [0.717, 1.165) is 19.3 Å². The minimum atomic E-state index is -0.787. The highest BCUT2D eigenvalue weighted by molar-refractivity contribution is 6.07. The summed E-state index contributed by atoms with van der Waals surface area (Å²) in [6.07, 6.45) is 2.52. The van der Waals surface area contributed by atoms with Gasteiger partial charge >= 0.3 is 11.8 Å². The number of hydrogen-bond donors (Lipinski definition) is 2. The second kappa shape index (κ2) is 12.0. The molecule has 4 rings (SSSR count). The number of amides is 4. The highest BCUT2D eigenvalue weighted by Gasteiger charge is 2.31. The molecule has 0 spiro atoms. The molecule has 218 valence electrons. The van der Waals surface area contributed by atoms with Crippen molar-refractivity contribution in [3.8, 4) is 0 Å². The maximum Gasteiger partial charge on any atom is 0.412 e. The quantitative estimate of drug-likeness (QED) is 0.306. The summed E-state index contributed by atoms with van der Waals surface area (Å²) in [5.74, 6) is -1.07. The molecule has 0 saturated carbocycles. The summed E-state index contributed by atoms with van der Waals surface area (Å²) in [5.41, 5.74) is 1.67. The van der Waals surface area contributed by atoms with Gasteiger partial charge in [-0.05, 0) is 76.1 Å². The van der Waals surface area contributed by atoms with Crippen molar-refractivity contribution in [1.82, 2.24) is 14.5 Å². The Morgan fingerprint density at radius 1 is 1.05 bits per heavy atom. The lowest BCUT2D eigenvalue weighted by atomic mass is 10.1. The number of nitrogens with zero attached hydrogens (tertiary/aromatic N) is 3. The fourth-order valence-electron chi connectivity index (χ4n) is 4.89. The van der Waals surface area contributed by atoms with Crippen LogP contribution in [-0.2, 0) is 21.4 Å². The number of carbonyl (C=O) groups is 4. The van der Waals surface area contributed by atoms with Gasteiger partial charge in [-0.1, -0.05) is 19.8 Å². The summed E-state index contributed by atoms with van der Waals surface area (Å²) in [7, 11) is 1.62. The molecule has 1 aromatic heterocycles. The number of piperidine rings is 1. The first-order chi connectivity index (χ1) is 19.4. The Bertz CT molecular complexity index is 1530. The lowest BCUT2D eigenvalue weighted by Crippen LogP contribution is -2.44. The first-order valence-electron chi connectivity index (χ1n) is 13.9. The minimum absolute atomic E-state index is 0.156. The maximum absolute atomic E-state index is 13.7.